The monoisotopic (exact) mass is 399 g/mol. The first-order chi connectivity index (χ1) is 13.0. The number of aryl methyl sites for hydroxylation is 1. The molecule has 7 heteroatoms. The third-order valence-corrected chi connectivity index (χ3v) is 5.71. The fourth-order valence-electron chi connectivity index (χ4n) is 3.97. The summed E-state index contributed by atoms with van der Waals surface area (Å²) in [7, 11) is 1.89. The van der Waals surface area contributed by atoms with E-state index in [1.54, 1.807) is 16.8 Å². The Labute approximate surface area is 170 Å². The zero-order valence-corrected chi connectivity index (χ0v) is 18.0. The van der Waals surface area contributed by atoms with Crippen molar-refractivity contribution in [3.63, 3.8) is 0 Å². The SMILES string of the molecule is Cn1cc(-c2csc(C(=N)/C=C\C(=N)OC3CC(C)(C)NC(C)(C)C3)c2)cn1. The number of thiophene rings is 1. The van der Waals surface area contributed by atoms with Crippen LogP contribution >= 0.6 is 11.3 Å². The Hall–Kier alpha value is -2.25. The molecule has 0 aliphatic carbocycles. The molecule has 6 nitrogen and oxygen atoms in total. The van der Waals surface area contributed by atoms with E-state index in [0.29, 0.717) is 5.71 Å². The average Bonchev–Trinajstić information content (AvgIpc) is 3.18. The van der Waals surface area contributed by atoms with Crippen LogP contribution in [-0.4, -0.2) is 38.6 Å². The van der Waals surface area contributed by atoms with Crippen LogP contribution in [-0.2, 0) is 11.8 Å². The van der Waals surface area contributed by atoms with E-state index in [0.717, 1.165) is 28.8 Å². The van der Waals surface area contributed by atoms with Gasteiger partial charge >= 0.3 is 0 Å². The van der Waals surface area contributed by atoms with E-state index in [4.69, 9.17) is 15.6 Å². The summed E-state index contributed by atoms with van der Waals surface area (Å²) in [6, 6.07) is 1.98. The first-order valence-electron chi connectivity index (χ1n) is 9.42. The van der Waals surface area contributed by atoms with E-state index in [-0.39, 0.29) is 23.1 Å². The van der Waals surface area contributed by atoms with Crippen LogP contribution in [0.15, 0.2) is 36.0 Å². The fourth-order valence-corrected chi connectivity index (χ4v) is 4.82. The summed E-state index contributed by atoms with van der Waals surface area (Å²) < 4.78 is 7.64. The van der Waals surface area contributed by atoms with Crippen molar-refractivity contribution in [3.8, 4) is 11.1 Å². The summed E-state index contributed by atoms with van der Waals surface area (Å²) in [4.78, 5) is 0.854. The van der Waals surface area contributed by atoms with E-state index < -0.39 is 0 Å². The van der Waals surface area contributed by atoms with Crippen molar-refractivity contribution in [2.45, 2.75) is 57.7 Å². The van der Waals surface area contributed by atoms with Gasteiger partial charge in [-0.25, -0.2) is 0 Å². The second kappa shape index (κ2) is 7.64. The molecule has 0 atom stereocenters. The van der Waals surface area contributed by atoms with Gasteiger partial charge in [-0.3, -0.25) is 15.5 Å². The van der Waals surface area contributed by atoms with Gasteiger partial charge in [-0.1, -0.05) is 0 Å². The molecule has 0 radical (unpaired) electrons. The predicted molar refractivity (Wildman–Crippen MR) is 116 cm³/mol. The maximum atomic E-state index is 8.29. The zero-order valence-electron chi connectivity index (χ0n) is 17.2. The first kappa shape index (κ1) is 20.5. The standard InChI is InChI=1S/C21H29N5OS/c1-20(2)9-16(10-21(3,4)25-20)27-19(23)7-6-17(22)18-8-14(13-28-18)15-11-24-26(5)12-15/h6-8,11-13,16,22-23,25H,9-10H2,1-5H3/b7-6-,22-17?,23-19?. The van der Waals surface area contributed by atoms with E-state index in [9.17, 15) is 0 Å². The topological polar surface area (TPSA) is 86.8 Å². The molecule has 1 aliphatic heterocycles. The molecule has 0 unspecified atom stereocenters. The van der Waals surface area contributed by atoms with Gasteiger partial charge in [0.2, 0.25) is 5.90 Å². The highest BCUT2D eigenvalue weighted by atomic mass is 32.1. The normalized spacial score (nSPS) is 19.0. The average molecular weight is 400 g/mol. The minimum atomic E-state index is -0.0250. The van der Waals surface area contributed by atoms with Gasteiger partial charge in [-0.15, -0.1) is 11.3 Å². The maximum absolute atomic E-state index is 8.29. The third kappa shape index (κ3) is 5.17. The van der Waals surface area contributed by atoms with Crippen LogP contribution in [0.3, 0.4) is 0 Å². The van der Waals surface area contributed by atoms with Gasteiger partial charge in [-0.2, -0.15) is 5.10 Å². The summed E-state index contributed by atoms with van der Waals surface area (Å²) in [5.41, 5.74) is 2.41. The van der Waals surface area contributed by atoms with Gasteiger partial charge in [0, 0.05) is 48.8 Å². The number of aromatic nitrogens is 2. The van der Waals surface area contributed by atoms with E-state index >= 15 is 0 Å². The van der Waals surface area contributed by atoms with Gasteiger partial charge in [-0.05, 0) is 50.8 Å². The lowest BCUT2D eigenvalue weighted by Gasteiger charge is -2.46. The van der Waals surface area contributed by atoms with E-state index in [1.165, 1.54) is 11.3 Å². The molecule has 28 heavy (non-hydrogen) atoms. The Morgan fingerprint density at radius 3 is 2.50 bits per heavy atom. The van der Waals surface area contributed by atoms with Crippen LogP contribution in [0.1, 0.15) is 45.4 Å². The summed E-state index contributed by atoms with van der Waals surface area (Å²) in [5.74, 6) is 0.104. The molecule has 0 spiro atoms. The van der Waals surface area contributed by atoms with E-state index in [2.05, 4.69) is 38.1 Å². The fraction of sp³-hybridized carbons (Fsp3) is 0.476. The number of allylic oxidation sites excluding steroid dienone is 1. The molecule has 3 N–H and O–H groups in total. The second-order valence-electron chi connectivity index (χ2n) is 8.75. The zero-order chi connectivity index (χ0) is 20.5. The lowest BCUT2D eigenvalue weighted by Crippen LogP contribution is -2.59. The molecule has 2 aromatic rings. The minimum Gasteiger partial charge on any atom is -0.475 e. The van der Waals surface area contributed by atoms with Crippen LogP contribution in [0.4, 0.5) is 0 Å². The maximum Gasteiger partial charge on any atom is 0.206 e. The van der Waals surface area contributed by atoms with Gasteiger partial charge in [0.25, 0.3) is 0 Å². The summed E-state index contributed by atoms with van der Waals surface area (Å²) >= 11 is 1.52. The molecule has 1 aliphatic rings. The molecular weight excluding hydrogens is 370 g/mol. The van der Waals surface area contributed by atoms with Gasteiger partial charge in [0.05, 0.1) is 16.8 Å². The molecule has 1 fully saturated rings. The Morgan fingerprint density at radius 2 is 1.89 bits per heavy atom. The smallest absolute Gasteiger partial charge is 0.206 e. The van der Waals surface area contributed by atoms with Gasteiger partial charge in [0.15, 0.2) is 0 Å². The molecule has 0 amide bonds. The number of nitrogens with zero attached hydrogens (tertiary/aromatic N) is 2. The van der Waals surface area contributed by atoms with Crippen molar-refractivity contribution >= 4 is 22.9 Å². The Balaban J connectivity index is 1.60. The van der Waals surface area contributed by atoms with Crippen LogP contribution < -0.4 is 5.32 Å². The molecule has 2 aromatic heterocycles. The molecule has 3 rings (SSSR count). The summed E-state index contributed by atoms with van der Waals surface area (Å²) in [5, 5.41) is 26.3. The Kier molecular flexibility index (Phi) is 5.59. The first-order valence-corrected chi connectivity index (χ1v) is 10.3. The summed E-state index contributed by atoms with van der Waals surface area (Å²) in [6.45, 7) is 8.65. The van der Waals surface area contributed by atoms with Crippen LogP contribution in [0.25, 0.3) is 11.1 Å². The highest BCUT2D eigenvalue weighted by Gasteiger charge is 2.38. The molecular formula is C21H29N5OS. The molecule has 0 bridgehead atoms. The summed E-state index contributed by atoms with van der Waals surface area (Å²) in [6.07, 6.45) is 8.68. The Bertz CT molecular complexity index is 890. The number of hydrogen-bond donors (Lipinski definition) is 3. The number of ether oxygens (including phenoxy) is 1. The molecule has 150 valence electrons. The van der Waals surface area contributed by atoms with Crippen molar-refractivity contribution in [2.75, 3.05) is 0 Å². The second-order valence-corrected chi connectivity index (χ2v) is 9.67. The van der Waals surface area contributed by atoms with Crippen molar-refractivity contribution in [1.82, 2.24) is 15.1 Å². The number of rotatable bonds is 5. The predicted octanol–water partition coefficient (Wildman–Crippen LogP) is 4.38. The molecule has 0 aromatic carbocycles. The quantitative estimate of drug-likeness (QED) is 0.515. The number of nitrogens with one attached hydrogen (secondary N) is 3. The van der Waals surface area contributed by atoms with Crippen molar-refractivity contribution in [1.29, 1.82) is 10.8 Å². The molecule has 3 heterocycles. The van der Waals surface area contributed by atoms with Crippen molar-refractivity contribution in [2.24, 2.45) is 7.05 Å². The third-order valence-electron chi connectivity index (χ3n) is 4.75. The highest BCUT2D eigenvalue weighted by Crippen LogP contribution is 2.30. The number of piperidine rings is 1. The molecule has 1 saturated heterocycles. The van der Waals surface area contributed by atoms with Gasteiger partial charge < -0.3 is 10.1 Å². The Morgan fingerprint density at radius 1 is 1.21 bits per heavy atom. The van der Waals surface area contributed by atoms with E-state index in [1.807, 2.05) is 30.9 Å². The lowest BCUT2D eigenvalue weighted by molar-refractivity contribution is 0.0485. The van der Waals surface area contributed by atoms with Crippen molar-refractivity contribution < 1.29 is 4.74 Å². The van der Waals surface area contributed by atoms with Crippen molar-refractivity contribution in [3.05, 3.63) is 40.9 Å². The number of hydrogen-bond acceptors (Lipinski definition) is 6. The highest BCUT2D eigenvalue weighted by molar-refractivity contribution is 7.12. The lowest BCUT2D eigenvalue weighted by atomic mass is 9.81. The molecule has 0 saturated carbocycles. The van der Waals surface area contributed by atoms with Crippen LogP contribution in [0.5, 0.6) is 0 Å². The minimum absolute atomic E-state index is 0.00324. The largest absolute Gasteiger partial charge is 0.475 e. The van der Waals surface area contributed by atoms with Gasteiger partial charge in [0.1, 0.15) is 6.10 Å². The van der Waals surface area contributed by atoms with Crippen LogP contribution in [0.2, 0.25) is 0 Å². The van der Waals surface area contributed by atoms with Crippen LogP contribution in [0, 0.1) is 10.8 Å².